The molecule has 4 heteroatoms. The Morgan fingerprint density at radius 1 is 1.33 bits per heavy atom. The first-order chi connectivity index (χ1) is 11.3. The molecule has 0 aliphatic carbocycles. The van der Waals surface area contributed by atoms with Crippen LogP contribution in [0.5, 0.6) is 0 Å². The largest absolute Gasteiger partial charge is 0.444 e. The molecule has 2 atom stereocenters. The second-order valence-corrected chi connectivity index (χ2v) is 7.67. The zero-order valence-corrected chi connectivity index (χ0v) is 14.8. The molecule has 0 N–H and O–H groups in total. The van der Waals surface area contributed by atoms with E-state index in [1.54, 1.807) is 0 Å². The summed E-state index contributed by atoms with van der Waals surface area (Å²) in [6.45, 7) is 7.69. The number of carbonyl (C=O) groups is 1. The Bertz CT molecular complexity index is 737. The average Bonchev–Trinajstić information content (AvgIpc) is 2.76. The van der Waals surface area contributed by atoms with Gasteiger partial charge in [-0.15, -0.1) is 0 Å². The lowest BCUT2D eigenvalue weighted by atomic mass is 9.90. The third kappa shape index (κ3) is 3.03. The van der Waals surface area contributed by atoms with Gasteiger partial charge >= 0.3 is 6.09 Å². The van der Waals surface area contributed by atoms with Crippen molar-refractivity contribution < 1.29 is 9.53 Å². The van der Waals surface area contributed by atoms with E-state index in [-0.39, 0.29) is 18.2 Å². The van der Waals surface area contributed by atoms with Crippen molar-refractivity contribution in [2.24, 2.45) is 0 Å². The highest BCUT2D eigenvalue weighted by Crippen LogP contribution is 2.40. The molecule has 2 heterocycles. The van der Waals surface area contributed by atoms with E-state index in [9.17, 15) is 10.1 Å². The molecule has 0 spiro atoms. The number of ether oxygens (including phenoxy) is 1. The van der Waals surface area contributed by atoms with Crippen molar-refractivity contribution in [3.8, 4) is 6.07 Å². The van der Waals surface area contributed by atoms with Gasteiger partial charge in [0.05, 0.1) is 17.7 Å². The summed E-state index contributed by atoms with van der Waals surface area (Å²) in [5.41, 5.74) is 3.65. The van der Waals surface area contributed by atoms with Gasteiger partial charge in [-0.25, -0.2) is 4.79 Å². The van der Waals surface area contributed by atoms with E-state index >= 15 is 0 Å². The van der Waals surface area contributed by atoms with E-state index in [1.165, 1.54) is 5.57 Å². The summed E-state index contributed by atoms with van der Waals surface area (Å²) in [6, 6.07) is 8.40. The first-order valence-electron chi connectivity index (χ1n) is 8.52. The normalized spacial score (nSPS) is 22.8. The van der Waals surface area contributed by atoms with Crippen LogP contribution in [0.2, 0.25) is 0 Å². The van der Waals surface area contributed by atoms with E-state index in [0.29, 0.717) is 0 Å². The van der Waals surface area contributed by atoms with Crippen LogP contribution >= 0.6 is 0 Å². The van der Waals surface area contributed by atoms with Gasteiger partial charge < -0.3 is 4.74 Å². The van der Waals surface area contributed by atoms with Crippen LogP contribution in [0, 0.1) is 18.3 Å². The Morgan fingerprint density at radius 2 is 2.08 bits per heavy atom. The summed E-state index contributed by atoms with van der Waals surface area (Å²) < 4.78 is 5.57. The second kappa shape index (κ2) is 5.98. The lowest BCUT2D eigenvalue weighted by Gasteiger charge is -2.35. The molecule has 1 aromatic rings. The number of carbonyl (C=O) groups excluding carboxylic acids is 1. The minimum absolute atomic E-state index is 0.0961. The van der Waals surface area contributed by atoms with Crippen molar-refractivity contribution in [2.75, 3.05) is 0 Å². The molecule has 1 amide bonds. The van der Waals surface area contributed by atoms with Crippen LogP contribution in [0.3, 0.4) is 0 Å². The Kier molecular flexibility index (Phi) is 4.13. The third-order valence-electron chi connectivity index (χ3n) is 4.80. The van der Waals surface area contributed by atoms with E-state index in [1.807, 2.05) is 44.7 Å². The van der Waals surface area contributed by atoms with E-state index in [0.717, 1.165) is 36.0 Å². The number of hydrogen-bond donors (Lipinski definition) is 0. The maximum Gasteiger partial charge on any atom is 0.411 e. The number of fused-ring (bicyclic) bond motifs is 2. The summed E-state index contributed by atoms with van der Waals surface area (Å²) >= 11 is 0. The number of hydrogen-bond acceptors (Lipinski definition) is 3. The lowest BCUT2D eigenvalue weighted by Crippen LogP contribution is -2.45. The molecule has 1 saturated heterocycles. The highest BCUT2D eigenvalue weighted by atomic mass is 16.6. The van der Waals surface area contributed by atoms with Gasteiger partial charge in [0.15, 0.2) is 0 Å². The highest BCUT2D eigenvalue weighted by molar-refractivity contribution is 5.76. The number of nitriles is 1. The fraction of sp³-hybridized carbons (Fsp3) is 0.500. The van der Waals surface area contributed by atoms with Crippen LogP contribution in [0.15, 0.2) is 24.3 Å². The van der Waals surface area contributed by atoms with E-state index in [2.05, 4.69) is 18.2 Å². The maximum absolute atomic E-state index is 12.5. The maximum atomic E-state index is 12.5. The molecule has 2 unspecified atom stereocenters. The Balaban J connectivity index is 1.88. The summed E-state index contributed by atoms with van der Waals surface area (Å²) in [6.07, 6.45) is 4.78. The molecule has 4 nitrogen and oxygen atoms in total. The fourth-order valence-corrected chi connectivity index (χ4v) is 3.73. The molecular formula is C20H24N2O2. The van der Waals surface area contributed by atoms with Gasteiger partial charge in [-0.1, -0.05) is 18.2 Å². The topological polar surface area (TPSA) is 53.3 Å². The average molecular weight is 324 g/mol. The predicted molar refractivity (Wildman–Crippen MR) is 93.4 cm³/mol. The molecular weight excluding hydrogens is 300 g/mol. The van der Waals surface area contributed by atoms with Crippen molar-refractivity contribution in [1.82, 2.24) is 4.90 Å². The van der Waals surface area contributed by atoms with E-state index < -0.39 is 5.60 Å². The molecule has 2 aliphatic heterocycles. The summed E-state index contributed by atoms with van der Waals surface area (Å²) in [7, 11) is 0. The van der Waals surface area contributed by atoms with Crippen LogP contribution in [-0.4, -0.2) is 28.7 Å². The van der Waals surface area contributed by atoms with Crippen molar-refractivity contribution in [2.45, 2.75) is 64.6 Å². The SMILES string of the molecule is Cc1c(C#N)cccc1C1=CC2CCC(C1)N2C(=O)OC(C)(C)C. The van der Waals surface area contributed by atoms with Gasteiger partial charge in [-0.3, -0.25) is 4.90 Å². The molecule has 0 aromatic heterocycles. The first kappa shape index (κ1) is 16.6. The molecule has 0 radical (unpaired) electrons. The number of amides is 1. The predicted octanol–water partition coefficient (Wildman–Crippen LogP) is 4.42. The smallest absolute Gasteiger partial charge is 0.411 e. The van der Waals surface area contributed by atoms with Crippen LogP contribution in [-0.2, 0) is 4.74 Å². The monoisotopic (exact) mass is 324 g/mol. The number of rotatable bonds is 1. The molecule has 2 aliphatic rings. The zero-order valence-electron chi connectivity index (χ0n) is 14.8. The summed E-state index contributed by atoms with van der Waals surface area (Å²) in [4.78, 5) is 14.4. The van der Waals surface area contributed by atoms with Crippen LogP contribution in [0.25, 0.3) is 5.57 Å². The van der Waals surface area contributed by atoms with E-state index in [4.69, 9.17) is 4.74 Å². The Labute approximate surface area is 143 Å². The van der Waals surface area contributed by atoms with Crippen molar-refractivity contribution in [1.29, 1.82) is 5.26 Å². The lowest BCUT2D eigenvalue weighted by molar-refractivity contribution is 0.0175. The standard InChI is InChI=1S/C20H24N2O2/c1-13-14(12-21)6-5-7-18(13)15-10-16-8-9-17(11-15)22(16)19(23)24-20(2,3)4/h5-7,10,16-17H,8-9,11H2,1-4H3. The second-order valence-electron chi connectivity index (χ2n) is 7.67. The first-order valence-corrected chi connectivity index (χ1v) is 8.52. The van der Waals surface area contributed by atoms with Gasteiger partial charge in [0, 0.05) is 6.04 Å². The Morgan fingerprint density at radius 3 is 2.71 bits per heavy atom. The van der Waals surface area contributed by atoms with Crippen LogP contribution < -0.4 is 0 Å². The van der Waals surface area contributed by atoms with Gasteiger partial charge in [0.25, 0.3) is 0 Å². The van der Waals surface area contributed by atoms with Gasteiger partial charge in [0.1, 0.15) is 5.60 Å². The number of nitrogens with zero attached hydrogens (tertiary/aromatic N) is 2. The van der Waals surface area contributed by atoms with Gasteiger partial charge in [-0.05, 0) is 69.7 Å². The molecule has 1 fully saturated rings. The van der Waals surface area contributed by atoms with Gasteiger partial charge in [-0.2, -0.15) is 5.26 Å². The molecule has 1 aromatic carbocycles. The molecule has 126 valence electrons. The molecule has 3 rings (SSSR count). The van der Waals surface area contributed by atoms with Crippen LogP contribution in [0.4, 0.5) is 4.79 Å². The molecule has 0 saturated carbocycles. The highest BCUT2D eigenvalue weighted by Gasteiger charge is 2.41. The van der Waals surface area contributed by atoms with Crippen molar-refractivity contribution >= 4 is 11.7 Å². The third-order valence-corrected chi connectivity index (χ3v) is 4.80. The quantitative estimate of drug-likeness (QED) is 0.768. The zero-order chi connectivity index (χ0) is 17.5. The summed E-state index contributed by atoms with van der Waals surface area (Å²) in [5, 5.41) is 9.24. The summed E-state index contributed by atoms with van der Waals surface area (Å²) in [5.74, 6) is 0. The molecule has 2 bridgehead atoms. The van der Waals surface area contributed by atoms with Crippen LogP contribution in [0.1, 0.15) is 56.7 Å². The minimum Gasteiger partial charge on any atom is -0.444 e. The van der Waals surface area contributed by atoms with Crippen molar-refractivity contribution in [3.05, 3.63) is 41.0 Å². The fourth-order valence-electron chi connectivity index (χ4n) is 3.73. The van der Waals surface area contributed by atoms with Crippen molar-refractivity contribution in [3.63, 3.8) is 0 Å². The minimum atomic E-state index is -0.474. The van der Waals surface area contributed by atoms with Gasteiger partial charge in [0.2, 0.25) is 0 Å². The Hall–Kier alpha value is -2.28. The molecule has 24 heavy (non-hydrogen) atoms. The number of benzene rings is 1.